The van der Waals surface area contributed by atoms with Gasteiger partial charge in [-0.05, 0) is 51.7 Å². The van der Waals surface area contributed by atoms with Gasteiger partial charge in [-0.3, -0.25) is 4.79 Å². The molecule has 128 valence electrons. The van der Waals surface area contributed by atoms with E-state index in [0.717, 1.165) is 35.5 Å². The van der Waals surface area contributed by atoms with Crippen molar-refractivity contribution in [3.05, 3.63) is 34.6 Å². The molecule has 0 spiro atoms. The maximum Gasteiger partial charge on any atom is 0.237 e. The molecule has 0 saturated heterocycles. The molecule has 1 atom stereocenters. The zero-order valence-corrected chi connectivity index (χ0v) is 15.3. The third-order valence-electron chi connectivity index (χ3n) is 4.21. The van der Waals surface area contributed by atoms with E-state index in [1.165, 1.54) is 22.0 Å². The van der Waals surface area contributed by atoms with Crippen molar-refractivity contribution < 1.29 is 4.79 Å². The van der Waals surface area contributed by atoms with Gasteiger partial charge in [0.25, 0.3) is 0 Å². The molecule has 3 N–H and O–H groups in total. The molecule has 7 heteroatoms. The lowest BCUT2D eigenvalue weighted by molar-refractivity contribution is -0.115. The first-order valence-corrected chi connectivity index (χ1v) is 9.00. The predicted molar refractivity (Wildman–Crippen MR) is 96.7 cm³/mol. The van der Waals surface area contributed by atoms with Crippen LogP contribution in [-0.2, 0) is 4.79 Å². The first-order valence-electron chi connectivity index (χ1n) is 8.12. The van der Waals surface area contributed by atoms with Crippen LogP contribution in [0.3, 0.4) is 0 Å². The molecule has 2 aromatic rings. The minimum Gasteiger partial charge on any atom is -0.336 e. The topological polar surface area (TPSA) is 85.8 Å². The Labute approximate surface area is 146 Å². The van der Waals surface area contributed by atoms with Gasteiger partial charge in [0.1, 0.15) is 0 Å². The van der Waals surface area contributed by atoms with Gasteiger partial charge in [-0.25, -0.2) is 4.68 Å². The Balaban J connectivity index is 1.69. The van der Waals surface area contributed by atoms with Gasteiger partial charge < -0.3 is 11.2 Å². The number of nitrogens with zero attached hydrogens (tertiary/aromatic N) is 3. The summed E-state index contributed by atoms with van der Waals surface area (Å²) < 4.78 is 1.52. The van der Waals surface area contributed by atoms with Gasteiger partial charge >= 0.3 is 0 Å². The Hall–Kier alpha value is -2.02. The number of rotatable bonds is 5. The van der Waals surface area contributed by atoms with Crippen molar-refractivity contribution in [2.75, 3.05) is 11.2 Å². The average molecular weight is 345 g/mol. The fourth-order valence-corrected chi connectivity index (χ4v) is 3.58. The van der Waals surface area contributed by atoms with Gasteiger partial charge in [0, 0.05) is 11.6 Å². The van der Waals surface area contributed by atoms with Gasteiger partial charge in [0.15, 0.2) is 5.82 Å². The van der Waals surface area contributed by atoms with E-state index in [9.17, 15) is 4.79 Å². The smallest absolute Gasteiger partial charge is 0.237 e. The number of hydrogen-bond acceptors (Lipinski definition) is 5. The summed E-state index contributed by atoms with van der Waals surface area (Å²) in [6.07, 6.45) is 2.23. The van der Waals surface area contributed by atoms with Crippen LogP contribution in [0.25, 0.3) is 0 Å². The maximum absolute atomic E-state index is 12.5. The molecule has 1 aromatic carbocycles. The molecule has 1 aliphatic rings. The molecule has 1 saturated carbocycles. The highest BCUT2D eigenvalue weighted by Gasteiger charge is 2.30. The van der Waals surface area contributed by atoms with E-state index in [1.807, 2.05) is 20.8 Å². The van der Waals surface area contributed by atoms with Crippen molar-refractivity contribution in [1.82, 2.24) is 14.9 Å². The number of carbonyl (C=O) groups is 1. The van der Waals surface area contributed by atoms with Crippen LogP contribution in [0.15, 0.2) is 17.3 Å². The van der Waals surface area contributed by atoms with Crippen LogP contribution >= 0.6 is 11.8 Å². The number of thioether (sulfide) groups is 1. The van der Waals surface area contributed by atoms with E-state index in [-0.39, 0.29) is 11.2 Å². The summed E-state index contributed by atoms with van der Waals surface area (Å²) in [5, 5.41) is 11.6. The van der Waals surface area contributed by atoms with E-state index in [4.69, 9.17) is 5.84 Å². The Morgan fingerprint density at radius 1 is 1.29 bits per heavy atom. The van der Waals surface area contributed by atoms with Crippen LogP contribution < -0.4 is 11.2 Å². The second-order valence-electron chi connectivity index (χ2n) is 6.51. The minimum absolute atomic E-state index is 0.0639. The fraction of sp³-hybridized carbons (Fsp3) is 0.471. The number of carbonyl (C=O) groups excluding carboxylic acids is 1. The van der Waals surface area contributed by atoms with E-state index >= 15 is 0 Å². The Bertz CT molecular complexity index is 758. The van der Waals surface area contributed by atoms with Crippen molar-refractivity contribution in [2.45, 2.75) is 56.9 Å². The van der Waals surface area contributed by atoms with Crippen molar-refractivity contribution in [1.29, 1.82) is 0 Å². The predicted octanol–water partition coefficient (Wildman–Crippen LogP) is 2.91. The summed E-state index contributed by atoms with van der Waals surface area (Å²) in [5.74, 6) is 7.23. The van der Waals surface area contributed by atoms with Crippen molar-refractivity contribution in [2.24, 2.45) is 0 Å². The Morgan fingerprint density at radius 2 is 1.92 bits per heavy atom. The molecule has 3 rings (SSSR count). The molecular formula is C17H23N5OS. The Morgan fingerprint density at radius 3 is 2.50 bits per heavy atom. The third kappa shape index (κ3) is 3.40. The number of nitrogens with one attached hydrogen (secondary N) is 1. The highest BCUT2D eigenvalue weighted by atomic mass is 32.2. The highest BCUT2D eigenvalue weighted by Crippen LogP contribution is 2.39. The lowest BCUT2D eigenvalue weighted by Crippen LogP contribution is -2.24. The zero-order chi connectivity index (χ0) is 17.4. The second kappa shape index (κ2) is 6.47. The Kier molecular flexibility index (Phi) is 4.54. The summed E-state index contributed by atoms with van der Waals surface area (Å²) in [7, 11) is 0. The van der Waals surface area contributed by atoms with E-state index in [1.54, 1.807) is 0 Å². The molecule has 1 fully saturated rings. The monoisotopic (exact) mass is 345 g/mol. The highest BCUT2D eigenvalue weighted by molar-refractivity contribution is 8.00. The molecule has 0 radical (unpaired) electrons. The van der Waals surface area contributed by atoms with Gasteiger partial charge in [-0.2, -0.15) is 0 Å². The van der Waals surface area contributed by atoms with Crippen molar-refractivity contribution >= 4 is 23.4 Å². The summed E-state index contributed by atoms with van der Waals surface area (Å²) in [5.41, 5.74) is 4.20. The first kappa shape index (κ1) is 16.8. The SMILES string of the molecule is Cc1cc(C)c(NC(=O)[C@@H](C)Sc2nnc(C3CC3)n2N)c(C)c1. The normalized spacial score (nSPS) is 15.3. The van der Waals surface area contributed by atoms with Crippen LogP contribution in [-0.4, -0.2) is 26.0 Å². The van der Waals surface area contributed by atoms with Crippen molar-refractivity contribution in [3.63, 3.8) is 0 Å². The summed E-state index contributed by atoms with van der Waals surface area (Å²) in [6.45, 7) is 7.91. The van der Waals surface area contributed by atoms with Crippen LogP contribution in [0.5, 0.6) is 0 Å². The van der Waals surface area contributed by atoms with Gasteiger partial charge in [-0.15, -0.1) is 10.2 Å². The van der Waals surface area contributed by atoms with Crippen LogP contribution in [0.2, 0.25) is 0 Å². The van der Waals surface area contributed by atoms with Gasteiger partial charge in [0.2, 0.25) is 11.1 Å². The molecular weight excluding hydrogens is 322 g/mol. The van der Waals surface area contributed by atoms with Crippen LogP contribution in [0.4, 0.5) is 5.69 Å². The lowest BCUT2D eigenvalue weighted by atomic mass is 10.1. The van der Waals surface area contributed by atoms with E-state index in [0.29, 0.717) is 11.1 Å². The molecule has 1 heterocycles. The first-order chi connectivity index (χ1) is 11.4. The number of aryl methyl sites for hydroxylation is 3. The number of amides is 1. The number of hydrogen-bond donors (Lipinski definition) is 2. The number of benzene rings is 1. The molecule has 0 unspecified atom stereocenters. The minimum atomic E-state index is -0.316. The molecule has 24 heavy (non-hydrogen) atoms. The lowest BCUT2D eigenvalue weighted by Gasteiger charge is -2.16. The van der Waals surface area contributed by atoms with E-state index < -0.39 is 0 Å². The van der Waals surface area contributed by atoms with Gasteiger partial charge in [-0.1, -0.05) is 29.5 Å². The van der Waals surface area contributed by atoms with Crippen LogP contribution in [0.1, 0.15) is 48.2 Å². The molecule has 0 aliphatic heterocycles. The second-order valence-corrected chi connectivity index (χ2v) is 7.82. The third-order valence-corrected chi connectivity index (χ3v) is 5.27. The standard InChI is InChI=1S/C17H23N5OS/c1-9-7-10(2)14(11(3)8-9)19-16(23)12(4)24-17-21-20-15(22(17)18)13-5-6-13/h7-8,12-13H,5-6,18H2,1-4H3,(H,19,23)/t12-/m1/s1. The molecule has 1 amide bonds. The van der Waals surface area contributed by atoms with Gasteiger partial charge in [0.05, 0.1) is 5.25 Å². The maximum atomic E-state index is 12.5. The number of nitrogens with two attached hydrogens (primary N) is 1. The zero-order valence-electron chi connectivity index (χ0n) is 14.5. The summed E-state index contributed by atoms with van der Waals surface area (Å²) in [4.78, 5) is 12.5. The number of nitrogen functional groups attached to an aromatic ring is 1. The summed E-state index contributed by atoms with van der Waals surface area (Å²) in [6, 6.07) is 4.14. The summed E-state index contributed by atoms with van der Waals surface area (Å²) >= 11 is 1.33. The molecule has 1 aromatic heterocycles. The number of aromatic nitrogens is 3. The molecule has 1 aliphatic carbocycles. The largest absolute Gasteiger partial charge is 0.336 e. The average Bonchev–Trinajstić information content (AvgIpc) is 3.28. The fourth-order valence-electron chi connectivity index (χ4n) is 2.80. The molecule has 6 nitrogen and oxygen atoms in total. The number of anilines is 1. The van der Waals surface area contributed by atoms with Crippen molar-refractivity contribution in [3.8, 4) is 0 Å². The van der Waals surface area contributed by atoms with Crippen LogP contribution in [0, 0.1) is 20.8 Å². The van der Waals surface area contributed by atoms with E-state index in [2.05, 4.69) is 34.6 Å². The quantitative estimate of drug-likeness (QED) is 0.643. The molecule has 0 bridgehead atoms.